The SMILES string of the molecule is Nc1cccc(CN2CCN(C(=O)COc3ccc(F)cc3)CC2)c1. The second-order valence-corrected chi connectivity index (χ2v) is 6.14. The lowest BCUT2D eigenvalue weighted by Gasteiger charge is -2.34. The van der Waals surface area contributed by atoms with Gasteiger partial charge in [-0.25, -0.2) is 4.39 Å². The third kappa shape index (κ3) is 4.93. The minimum absolute atomic E-state index is 0.0269. The maximum absolute atomic E-state index is 12.8. The van der Waals surface area contributed by atoms with Crippen LogP contribution in [0.5, 0.6) is 5.75 Å². The van der Waals surface area contributed by atoms with Crippen LogP contribution in [-0.2, 0) is 11.3 Å². The molecule has 0 atom stereocenters. The Labute approximate surface area is 146 Å². The number of piperazine rings is 1. The topological polar surface area (TPSA) is 58.8 Å². The van der Waals surface area contributed by atoms with Crippen LogP contribution in [0.15, 0.2) is 48.5 Å². The average molecular weight is 343 g/mol. The summed E-state index contributed by atoms with van der Waals surface area (Å²) in [5.74, 6) is 0.123. The Morgan fingerprint density at radius 3 is 2.48 bits per heavy atom. The van der Waals surface area contributed by atoms with Crippen LogP contribution >= 0.6 is 0 Å². The number of benzene rings is 2. The highest BCUT2D eigenvalue weighted by molar-refractivity contribution is 5.77. The first-order valence-corrected chi connectivity index (χ1v) is 8.33. The van der Waals surface area contributed by atoms with Crippen molar-refractivity contribution in [2.75, 3.05) is 38.5 Å². The molecule has 0 saturated carbocycles. The molecule has 2 N–H and O–H groups in total. The van der Waals surface area contributed by atoms with E-state index in [1.165, 1.54) is 29.8 Å². The third-order valence-corrected chi connectivity index (χ3v) is 4.26. The Morgan fingerprint density at radius 2 is 1.80 bits per heavy atom. The zero-order valence-electron chi connectivity index (χ0n) is 14.0. The van der Waals surface area contributed by atoms with Crippen molar-refractivity contribution >= 4 is 11.6 Å². The molecule has 1 saturated heterocycles. The number of rotatable bonds is 5. The molecule has 0 aliphatic carbocycles. The maximum atomic E-state index is 12.8. The molecular formula is C19H22FN3O2. The van der Waals surface area contributed by atoms with Crippen molar-refractivity contribution in [3.8, 4) is 5.75 Å². The van der Waals surface area contributed by atoms with Gasteiger partial charge in [-0.15, -0.1) is 0 Å². The van der Waals surface area contributed by atoms with Gasteiger partial charge in [-0.2, -0.15) is 0 Å². The Bertz CT molecular complexity index is 713. The predicted octanol–water partition coefficient (Wildman–Crippen LogP) is 2.13. The van der Waals surface area contributed by atoms with Gasteiger partial charge in [0, 0.05) is 38.4 Å². The van der Waals surface area contributed by atoms with E-state index >= 15 is 0 Å². The van der Waals surface area contributed by atoms with E-state index in [9.17, 15) is 9.18 Å². The predicted molar refractivity (Wildman–Crippen MR) is 94.6 cm³/mol. The summed E-state index contributed by atoms with van der Waals surface area (Å²) in [4.78, 5) is 16.3. The molecule has 1 aliphatic heterocycles. The Morgan fingerprint density at radius 1 is 1.08 bits per heavy atom. The number of nitrogens with two attached hydrogens (primary N) is 1. The summed E-state index contributed by atoms with van der Waals surface area (Å²) < 4.78 is 18.3. The number of hydrogen-bond acceptors (Lipinski definition) is 4. The number of anilines is 1. The van der Waals surface area contributed by atoms with E-state index in [0.29, 0.717) is 18.8 Å². The van der Waals surface area contributed by atoms with Crippen LogP contribution in [0.2, 0.25) is 0 Å². The van der Waals surface area contributed by atoms with Crippen molar-refractivity contribution in [1.82, 2.24) is 9.80 Å². The summed E-state index contributed by atoms with van der Waals surface area (Å²) >= 11 is 0. The summed E-state index contributed by atoms with van der Waals surface area (Å²) in [6, 6.07) is 13.5. The van der Waals surface area contributed by atoms with Crippen LogP contribution in [0, 0.1) is 5.82 Å². The van der Waals surface area contributed by atoms with Crippen LogP contribution in [0.4, 0.5) is 10.1 Å². The summed E-state index contributed by atoms with van der Waals surface area (Å²) in [5.41, 5.74) is 7.76. The van der Waals surface area contributed by atoms with Crippen LogP contribution in [0.1, 0.15) is 5.56 Å². The van der Waals surface area contributed by atoms with Gasteiger partial charge in [-0.05, 0) is 42.0 Å². The monoisotopic (exact) mass is 343 g/mol. The first kappa shape index (κ1) is 17.2. The summed E-state index contributed by atoms with van der Waals surface area (Å²) in [6.07, 6.45) is 0. The molecule has 1 aliphatic rings. The van der Waals surface area contributed by atoms with Crippen molar-refractivity contribution in [2.24, 2.45) is 0 Å². The number of ether oxygens (including phenoxy) is 1. The van der Waals surface area contributed by atoms with Gasteiger partial charge in [-0.1, -0.05) is 12.1 Å². The minimum Gasteiger partial charge on any atom is -0.484 e. The highest BCUT2D eigenvalue weighted by atomic mass is 19.1. The van der Waals surface area contributed by atoms with Crippen molar-refractivity contribution in [1.29, 1.82) is 0 Å². The first-order valence-electron chi connectivity index (χ1n) is 8.33. The van der Waals surface area contributed by atoms with Crippen LogP contribution in [0.25, 0.3) is 0 Å². The Kier molecular flexibility index (Phi) is 5.50. The van der Waals surface area contributed by atoms with Crippen LogP contribution < -0.4 is 10.5 Å². The molecule has 0 radical (unpaired) electrons. The molecule has 1 heterocycles. The fourth-order valence-corrected chi connectivity index (χ4v) is 2.87. The molecule has 132 valence electrons. The number of carbonyl (C=O) groups excluding carboxylic acids is 1. The van der Waals surface area contributed by atoms with Gasteiger partial charge < -0.3 is 15.4 Å². The molecule has 0 aromatic heterocycles. The maximum Gasteiger partial charge on any atom is 0.260 e. The van der Waals surface area contributed by atoms with E-state index in [0.717, 1.165) is 25.3 Å². The van der Waals surface area contributed by atoms with E-state index in [2.05, 4.69) is 11.0 Å². The largest absolute Gasteiger partial charge is 0.484 e. The Balaban J connectivity index is 1.43. The van der Waals surface area contributed by atoms with E-state index in [4.69, 9.17) is 10.5 Å². The second kappa shape index (κ2) is 7.98. The third-order valence-electron chi connectivity index (χ3n) is 4.26. The summed E-state index contributed by atoms with van der Waals surface area (Å²) in [5, 5.41) is 0. The summed E-state index contributed by atoms with van der Waals surface area (Å²) in [7, 11) is 0. The highest BCUT2D eigenvalue weighted by Crippen LogP contribution is 2.13. The van der Waals surface area contributed by atoms with Gasteiger partial charge in [0.15, 0.2) is 6.61 Å². The van der Waals surface area contributed by atoms with E-state index in [1.807, 2.05) is 18.2 Å². The molecule has 3 rings (SSSR count). The molecule has 25 heavy (non-hydrogen) atoms. The van der Waals surface area contributed by atoms with Gasteiger partial charge in [0.1, 0.15) is 11.6 Å². The lowest BCUT2D eigenvalue weighted by molar-refractivity contribution is -0.135. The van der Waals surface area contributed by atoms with Crippen molar-refractivity contribution in [2.45, 2.75) is 6.54 Å². The second-order valence-electron chi connectivity index (χ2n) is 6.14. The fourth-order valence-electron chi connectivity index (χ4n) is 2.87. The molecule has 1 amide bonds. The fraction of sp³-hybridized carbons (Fsp3) is 0.316. The van der Waals surface area contributed by atoms with Crippen molar-refractivity contribution < 1.29 is 13.9 Å². The van der Waals surface area contributed by atoms with Crippen LogP contribution in [-0.4, -0.2) is 48.5 Å². The van der Waals surface area contributed by atoms with Gasteiger partial charge in [0.25, 0.3) is 5.91 Å². The van der Waals surface area contributed by atoms with Gasteiger partial charge >= 0.3 is 0 Å². The van der Waals surface area contributed by atoms with Gasteiger partial charge in [-0.3, -0.25) is 9.69 Å². The zero-order chi connectivity index (χ0) is 17.6. The molecule has 0 bridgehead atoms. The number of halogens is 1. The molecule has 0 spiro atoms. The highest BCUT2D eigenvalue weighted by Gasteiger charge is 2.21. The smallest absolute Gasteiger partial charge is 0.260 e. The quantitative estimate of drug-likeness (QED) is 0.845. The molecule has 6 heteroatoms. The standard InChI is InChI=1S/C19H22FN3O2/c20-16-4-6-18(7-5-16)25-14-19(24)23-10-8-22(9-11-23)13-15-2-1-3-17(21)12-15/h1-7,12H,8-11,13-14,21H2. The van der Waals surface area contributed by atoms with Gasteiger partial charge in [0.05, 0.1) is 0 Å². The lowest BCUT2D eigenvalue weighted by Crippen LogP contribution is -2.49. The minimum atomic E-state index is -0.324. The van der Waals surface area contributed by atoms with E-state index in [-0.39, 0.29) is 18.3 Å². The molecule has 2 aromatic carbocycles. The number of hydrogen-bond donors (Lipinski definition) is 1. The molecular weight excluding hydrogens is 321 g/mol. The van der Waals surface area contributed by atoms with Crippen molar-refractivity contribution in [3.63, 3.8) is 0 Å². The zero-order valence-corrected chi connectivity index (χ0v) is 14.0. The number of nitrogen functional groups attached to an aromatic ring is 1. The average Bonchev–Trinajstić information content (AvgIpc) is 2.62. The number of amides is 1. The number of nitrogens with zero attached hydrogens (tertiary/aromatic N) is 2. The number of carbonyl (C=O) groups is 1. The lowest BCUT2D eigenvalue weighted by atomic mass is 10.2. The molecule has 2 aromatic rings. The normalized spacial score (nSPS) is 15.2. The van der Waals surface area contributed by atoms with Crippen molar-refractivity contribution in [3.05, 3.63) is 59.9 Å². The Hall–Kier alpha value is -2.60. The van der Waals surface area contributed by atoms with E-state index in [1.54, 1.807) is 4.90 Å². The molecule has 1 fully saturated rings. The first-order chi connectivity index (χ1) is 12.1. The molecule has 5 nitrogen and oxygen atoms in total. The van der Waals surface area contributed by atoms with Gasteiger partial charge in [0.2, 0.25) is 0 Å². The molecule has 0 unspecified atom stereocenters. The summed E-state index contributed by atoms with van der Waals surface area (Å²) in [6.45, 7) is 3.79. The van der Waals surface area contributed by atoms with Crippen LogP contribution in [0.3, 0.4) is 0 Å². The van der Waals surface area contributed by atoms with E-state index < -0.39 is 0 Å².